The number of benzene rings is 1. The molecule has 0 aromatic heterocycles. The number of hydrogen-bond acceptors (Lipinski definition) is 2. The van der Waals surface area contributed by atoms with E-state index in [-0.39, 0.29) is 17.7 Å². The van der Waals surface area contributed by atoms with E-state index in [1.165, 1.54) is 0 Å². The van der Waals surface area contributed by atoms with Crippen LogP contribution in [0, 0.1) is 3.57 Å². The zero-order valence-corrected chi connectivity index (χ0v) is 11.9. The van der Waals surface area contributed by atoms with Crippen molar-refractivity contribution in [3.8, 4) is 0 Å². The first-order valence-corrected chi connectivity index (χ1v) is 6.62. The Labute approximate surface area is 118 Å². The first kappa shape index (κ1) is 14.2. The van der Waals surface area contributed by atoms with Gasteiger partial charge in [0.25, 0.3) is 5.91 Å². The highest BCUT2D eigenvalue weighted by Crippen LogP contribution is 2.10. The third-order valence-electron chi connectivity index (χ3n) is 1.97. The van der Waals surface area contributed by atoms with Crippen LogP contribution in [0.2, 0.25) is 0 Å². The maximum atomic E-state index is 11.7. The summed E-state index contributed by atoms with van der Waals surface area (Å²) in [7, 11) is 0. The summed E-state index contributed by atoms with van der Waals surface area (Å²) < 4.78 is 0.896. The van der Waals surface area contributed by atoms with E-state index in [9.17, 15) is 9.59 Å². The monoisotopic (exact) mass is 366 g/mol. The number of halogens is 2. The highest BCUT2D eigenvalue weighted by Gasteiger charge is 2.07. The fourth-order valence-corrected chi connectivity index (χ4v) is 1.89. The van der Waals surface area contributed by atoms with Gasteiger partial charge in [0.1, 0.15) is 5.88 Å². The molecule has 0 aliphatic rings. The molecule has 92 valence electrons. The molecule has 1 rings (SSSR count). The van der Waals surface area contributed by atoms with Crippen molar-refractivity contribution < 1.29 is 9.59 Å². The minimum Gasteiger partial charge on any atom is -0.353 e. The van der Waals surface area contributed by atoms with Crippen LogP contribution in [-0.4, -0.2) is 30.8 Å². The molecule has 4 nitrogen and oxygen atoms in total. The molecule has 0 spiro atoms. The van der Waals surface area contributed by atoms with Crippen molar-refractivity contribution in [3.63, 3.8) is 0 Å². The van der Waals surface area contributed by atoms with Crippen molar-refractivity contribution in [2.24, 2.45) is 0 Å². The van der Waals surface area contributed by atoms with E-state index < -0.39 is 0 Å². The number of nitrogens with one attached hydrogen (secondary N) is 2. The van der Waals surface area contributed by atoms with Gasteiger partial charge in [-0.1, -0.05) is 12.1 Å². The van der Waals surface area contributed by atoms with E-state index in [4.69, 9.17) is 11.6 Å². The number of hydrogen-bond donors (Lipinski definition) is 2. The number of carbonyl (C=O) groups excluding carboxylic acids is 2. The van der Waals surface area contributed by atoms with Crippen LogP contribution in [-0.2, 0) is 4.79 Å². The van der Waals surface area contributed by atoms with Gasteiger partial charge < -0.3 is 10.6 Å². The van der Waals surface area contributed by atoms with Crippen LogP contribution in [0.3, 0.4) is 0 Å². The van der Waals surface area contributed by atoms with Crippen molar-refractivity contribution in [2.75, 3.05) is 19.0 Å². The Morgan fingerprint density at radius 3 is 2.47 bits per heavy atom. The average molecular weight is 367 g/mol. The number of alkyl halides is 1. The lowest BCUT2D eigenvalue weighted by atomic mass is 10.2. The van der Waals surface area contributed by atoms with E-state index in [1.807, 2.05) is 18.2 Å². The van der Waals surface area contributed by atoms with Crippen molar-refractivity contribution in [1.29, 1.82) is 0 Å². The summed E-state index contributed by atoms with van der Waals surface area (Å²) in [5.74, 6) is -0.449. The van der Waals surface area contributed by atoms with Crippen molar-refractivity contribution in [3.05, 3.63) is 33.4 Å². The van der Waals surface area contributed by atoms with Crippen LogP contribution >= 0.6 is 34.2 Å². The smallest absolute Gasteiger partial charge is 0.252 e. The van der Waals surface area contributed by atoms with Gasteiger partial charge in [0, 0.05) is 16.7 Å². The summed E-state index contributed by atoms with van der Waals surface area (Å²) >= 11 is 7.42. The van der Waals surface area contributed by atoms with Crippen molar-refractivity contribution in [2.45, 2.75) is 0 Å². The average Bonchev–Trinajstić information content (AvgIpc) is 2.34. The van der Waals surface area contributed by atoms with Crippen LogP contribution in [0.15, 0.2) is 24.3 Å². The standard InChI is InChI=1S/C11H12ClIN2O2/c12-7-10(16)14-5-6-15-11(17)8-3-1-2-4-9(8)13/h1-4H,5-7H2,(H,14,16)(H,15,17). The molecule has 0 saturated carbocycles. The first-order valence-electron chi connectivity index (χ1n) is 5.00. The molecule has 2 amide bonds. The molecule has 0 radical (unpaired) electrons. The first-order chi connectivity index (χ1) is 8.15. The summed E-state index contributed by atoms with van der Waals surface area (Å²) in [5.41, 5.74) is 0.636. The molecule has 0 aliphatic carbocycles. The zero-order valence-electron chi connectivity index (χ0n) is 9.00. The molecule has 1 aromatic rings. The Morgan fingerprint density at radius 1 is 1.18 bits per heavy atom. The van der Waals surface area contributed by atoms with Gasteiger partial charge in [0.05, 0.1) is 5.56 Å². The molecule has 0 aliphatic heterocycles. The highest BCUT2D eigenvalue weighted by molar-refractivity contribution is 14.1. The Hall–Kier alpha value is -0.820. The second-order valence-corrected chi connectivity index (χ2v) is 4.65. The van der Waals surface area contributed by atoms with Crippen LogP contribution in [0.5, 0.6) is 0 Å². The van der Waals surface area contributed by atoms with E-state index in [0.29, 0.717) is 18.7 Å². The molecule has 0 fully saturated rings. The molecule has 0 atom stereocenters. The number of carbonyl (C=O) groups is 2. The van der Waals surface area contributed by atoms with Gasteiger partial charge in [-0.05, 0) is 34.7 Å². The lowest BCUT2D eigenvalue weighted by Gasteiger charge is -2.07. The quantitative estimate of drug-likeness (QED) is 0.470. The third-order valence-corrected chi connectivity index (χ3v) is 3.16. The van der Waals surface area contributed by atoms with Gasteiger partial charge in [-0.3, -0.25) is 9.59 Å². The number of amides is 2. The van der Waals surface area contributed by atoms with Gasteiger partial charge in [-0.2, -0.15) is 0 Å². The molecule has 6 heteroatoms. The van der Waals surface area contributed by atoms with Crippen LogP contribution in [0.1, 0.15) is 10.4 Å². The minimum atomic E-state index is -0.241. The van der Waals surface area contributed by atoms with E-state index >= 15 is 0 Å². The molecule has 17 heavy (non-hydrogen) atoms. The summed E-state index contributed by atoms with van der Waals surface area (Å²) in [6, 6.07) is 7.31. The van der Waals surface area contributed by atoms with Crippen LogP contribution in [0.25, 0.3) is 0 Å². The Bertz CT molecular complexity index is 412. The summed E-state index contributed by atoms with van der Waals surface area (Å²) in [6.07, 6.45) is 0. The zero-order chi connectivity index (χ0) is 12.7. The largest absolute Gasteiger partial charge is 0.353 e. The SMILES string of the molecule is O=C(CCl)NCCNC(=O)c1ccccc1I. The van der Waals surface area contributed by atoms with Crippen molar-refractivity contribution >= 4 is 46.0 Å². The van der Waals surface area contributed by atoms with Gasteiger partial charge >= 0.3 is 0 Å². The van der Waals surface area contributed by atoms with E-state index in [0.717, 1.165) is 3.57 Å². The van der Waals surface area contributed by atoms with Gasteiger partial charge in [-0.25, -0.2) is 0 Å². The minimum absolute atomic E-state index is 0.0650. The summed E-state index contributed by atoms with van der Waals surface area (Å²) in [6.45, 7) is 0.757. The number of rotatable bonds is 5. The fourth-order valence-electron chi connectivity index (χ4n) is 1.17. The molecule has 0 bridgehead atoms. The van der Waals surface area contributed by atoms with Crippen LogP contribution < -0.4 is 10.6 Å². The van der Waals surface area contributed by atoms with Gasteiger partial charge in [0.2, 0.25) is 5.91 Å². The second kappa shape index (κ2) is 7.50. The lowest BCUT2D eigenvalue weighted by molar-refractivity contribution is -0.118. The fraction of sp³-hybridized carbons (Fsp3) is 0.273. The Balaban J connectivity index is 2.36. The van der Waals surface area contributed by atoms with Crippen LogP contribution in [0.4, 0.5) is 0 Å². The normalized spacial score (nSPS) is 9.76. The molecule has 0 unspecified atom stereocenters. The highest BCUT2D eigenvalue weighted by atomic mass is 127. The second-order valence-electron chi connectivity index (χ2n) is 3.22. The van der Waals surface area contributed by atoms with E-state index in [2.05, 4.69) is 33.2 Å². The third kappa shape index (κ3) is 4.91. The molecular formula is C11H12ClIN2O2. The Morgan fingerprint density at radius 2 is 1.82 bits per heavy atom. The summed E-state index contributed by atoms with van der Waals surface area (Å²) in [4.78, 5) is 22.5. The van der Waals surface area contributed by atoms with Crippen molar-refractivity contribution in [1.82, 2.24) is 10.6 Å². The topological polar surface area (TPSA) is 58.2 Å². The predicted molar refractivity (Wildman–Crippen MR) is 75.2 cm³/mol. The molecule has 2 N–H and O–H groups in total. The lowest BCUT2D eigenvalue weighted by Crippen LogP contribution is -2.35. The maximum absolute atomic E-state index is 11.7. The summed E-state index contributed by atoms with van der Waals surface area (Å²) in [5, 5.41) is 5.28. The molecule has 0 saturated heterocycles. The molecular weight excluding hydrogens is 354 g/mol. The van der Waals surface area contributed by atoms with Gasteiger partial charge in [0.15, 0.2) is 0 Å². The Kier molecular flexibility index (Phi) is 6.28. The molecule has 1 aromatic carbocycles. The molecule has 0 heterocycles. The predicted octanol–water partition coefficient (Wildman–Crippen LogP) is 1.38. The maximum Gasteiger partial charge on any atom is 0.252 e. The van der Waals surface area contributed by atoms with Gasteiger partial charge in [-0.15, -0.1) is 11.6 Å². The van der Waals surface area contributed by atoms with E-state index in [1.54, 1.807) is 6.07 Å².